The van der Waals surface area contributed by atoms with Crippen LogP contribution in [0.3, 0.4) is 0 Å². The predicted octanol–water partition coefficient (Wildman–Crippen LogP) is 3.76. The lowest BCUT2D eigenvalue weighted by atomic mass is 10.2. The first-order chi connectivity index (χ1) is 10.6. The van der Waals surface area contributed by atoms with Gasteiger partial charge in [0.1, 0.15) is 0 Å². The summed E-state index contributed by atoms with van der Waals surface area (Å²) in [6, 6.07) is 14.5. The predicted molar refractivity (Wildman–Crippen MR) is 93.5 cm³/mol. The van der Waals surface area contributed by atoms with Crippen molar-refractivity contribution in [2.75, 3.05) is 34.4 Å². The van der Waals surface area contributed by atoms with E-state index in [0.29, 0.717) is 11.4 Å². The maximum Gasteiger partial charge on any atom is 0.323 e. The van der Waals surface area contributed by atoms with E-state index in [1.54, 1.807) is 24.3 Å². The zero-order valence-electron chi connectivity index (χ0n) is 13.0. The molecule has 0 spiro atoms. The van der Waals surface area contributed by atoms with Crippen LogP contribution in [0.2, 0.25) is 0 Å². The molecule has 0 bridgehead atoms. The number of carbonyl (C=O) groups is 1. The molecule has 0 radical (unpaired) electrons. The molecule has 0 fully saturated rings. The van der Waals surface area contributed by atoms with Crippen LogP contribution in [0, 0.1) is 0 Å². The first-order valence-electron chi connectivity index (χ1n) is 7.41. The fourth-order valence-corrected chi connectivity index (χ4v) is 2.20. The summed E-state index contributed by atoms with van der Waals surface area (Å²) in [5.41, 5.74) is 8.88. The molecule has 0 heterocycles. The monoisotopic (exact) mass is 298 g/mol. The van der Waals surface area contributed by atoms with E-state index in [0.717, 1.165) is 24.5 Å². The fourth-order valence-electron chi connectivity index (χ4n) is 2.20. The van der Waals surface area contributed by atoms with E-state index in [1.165, 1.54) is 0 Å². The second-order valence-corrected chi connectivity index (χ2v) is 4.92. The van der Waals surface area contributed by atoms with Gasteiger partial charge >= 0.3 is 6.03 Å². The van der Waals surface area contributed by atoms with Crippen LogP contribution in [0.5, 0.6) is 0 Å². The number of benzene rings is 2. The third-order valence-electron chi connectivity index (χ3n) is 3.42. The number of nitrogens with one attached hydrogen (secondary N) is 2. The molecule has 0 aliphatic rings. The highest BCUT2D eigenvalue weighted by Gasteiger charge is 2.04. The molecule has 0 saturated carbocycles. The summed E-state index contributed by atoms with van der Waals surface area (Å²) in [7, 11) is 0. The third-order valence-corrected chi connectivity index (χ3v) is 3.42. The van der Waals surface area contributed by atoms with E-state index in [-0.39, 0.29) is 6.03 Å². The van der Waals surface area contributed by atoms with Crippen LogP contribution >= 0.6 is 0 Å². The molecule has 116 valence electrons. The fraction of sp³-hybridized carbons (Fsp3) is 0.235. The van der Waals surface area contributed by atoms with Gasteiger partial charge in [-0.1, -0.05) is 0 Å². The number of urea groups is 1. The Morgan fingerprint density at radius 2 is 1.36 bits per heavy atom. The van der Waals surface area contributed by atoms with E-state index >= 15 is 0 Å². The summed E-state index contributed by atoms with van der Waals surface area (Å²) < 4.78 is 0. The van der Waals surface area contributed by atoms with Gasteiger partial charge in [-0.05, 0) is 62.4 Å². The van der Waals surface area contributed by atoms with E-state index in [4.69, 9.17) is 5.73 Å². The van der Waals surface area contributed by atoms with Gasteiger partial charge < -0.3 is 21.3 Å². The van der Waals surface area contributed by atoms with Gasteiger partial charge in [0.2, 0.25) is 0 Å². The van der Waals surface area contributed by atoms with Gasteiger partial charge in [0.15, 0.2) is 0 Å². The number of rotatable bonds is 5. The smallest absolute Gasteiger partial charge is 0.323 e. The van der Waals surface area contributed by atoms with E-state index in [2.05, 4.69) is 29.4 Å². The number of hydrogen-bond donors (Lipinski definition) is 3. The van der Waals surface area contributed by atoms with Crippen molar-refractivity contribution in [1.29, 1.82) is 0 Å². The van der Waals surface area contributed by atoms with Crippen molar-refractivity contribution in [2.45, 2.75) is 13.8 Å². The van der Waals surface area contributed by atoms with Crippen LogP contribution < -0.4 is 21.3 Å². The van der Waals surface area contributed by atoms with Crippen LogP contribution in [0.1, 0.15) is 13.8 Å². The number of hydrogen-bond acceptors (Lipinski definition) is 3. The van der Waals surface area contributed by atoms with Gasteiger partial charge in [0.05, 0.1) is 0 Å². The highest BCUT2D eigenvalue weighted by Crippen LogP contribution is 2.18. The average molecular weight is 298 g/mol. The Kier molecular flexibility index (Phi) is 5.25. The van der Waals surface area contributed by atoms with Gasteiger partial charge in [-0.3, -0.25) is 0 Å². The zero-order valence-corrected chi connectivity index (χ0v) is 13.0. The second-order valence-electron chi connectivity index (χ2n) is 4.92. The van der Waals surface area contributed by atoms with Crippen molar-refractivity contribution < 1.29 is 4.79 Å². The van der Waals surface area contributed by atoms with Crippen molar-refractivity contribution in [3.63, 3.8) is 0 Å². The SMILES string of the molecule is CCN(CC)c1ccc(NC(=O)Nc2ccc(N)cc2)cc1. The van der Waals surface area contributed by atoms with Gasteiger partial charge in [-0.15, -0.1) is 0 Å². The van der Waals surface area contributed by atoms with Crippen molar-refractivity contribution >= 4 is 28.8 Å². The second kappa shape index (κ2) is 7.36. The van der Waals surface area contributed by atoms with Crippen molar-refractivity contribution in [3.8, 4) is 0 Å². The summed E-state index contributed by atoms with van der Waals surface area (Å²) in [4.78, 5) is 14.2. The van der Waals surface area contributed by atoms with Gasteiger partial charge in [0, 0.05) is 35.8 Å². The molecular formula is C17H22N4O. The highest BCUT2D eigenvalue weighted by atomic mass is 16.2. The maximum atomic E-state index is 11.9. The molecule has 2 rings (SSSR count). The normalized spacial score (nSPS) is 10.1. The Morgan fingerprint density at radius 3 is 1.82 bits per heavy atom. The number of anilines is 4. The Bertz CT molecular complexity index is 604. The molecule has 2 aromatic carbocycles. The Hall–Kier alpha value is -2.69. The van der Waals surface area contributed by atoms with Crippen molar-refractivity contribution in [3.05, 3.63) is 48.5 Å². The summed E-state index contributed by atoms with van der Waals surface area (Å²) in [6.45, 7) is 6.16. The molecule has 5 heteroatoms. The first kappa shape index (κ1) is 15.7. The van der Waals surface area contributed by atoms with Crippen LogP contribution in [0.25, 0.3) is 0 Å². The summed E-state index contributed by atoms with van der Waals surface area (Å²) in [5, 5.41) is 5.57. The van der Waals surface area contributed by atoms with Gasteiger partial charge in [0.25, 0.3) is 0 Å². The minimum absolute atomic E-state index is 0.277. The molecule has 0 aliphatic carbocycles. The van der Waals surface area contributed by atoms with Gasteiger partial charge in [-0.2, -0.15) is 0 Å². The van der Waals surface area contributed by atoms with E-state index < -0.39 is 0 Å². The molecule has 0 saturated heterocycles. The molecule has 5 nitrogen and oxygen atoms in total. The van der Waals surface area contributed by atoms with Crippen LogP contribution in [-0.4, -0.2) is 19.1 Å². The molecule has 0 atom stereocenters. The first-order valence-corrected chi connectivity index (χ1v) is 7.41. The molecule has 2 aromatic rings. The molecule has 4 N–H and O–H groups in total. The number of nitrogens with two attached hydrogens (primary N) is 1. The summed E-state index contributed by atoms with van der Waals surface area (Å²) in [5.74, 6) is 0. The summed E-state index contributed by atoms with van der Waals surface area (Å²) in [6.07, 6.45) is 0. The largest absolute Gasteiger partial charge is 0.399 e. The molecule has 0 unspecified atom stereocenters. The van der Waals surface area contributed by atoms with Crippen molar-refractivity contribution in [1.82, 2.24) is 0 Å². The molecular weight excluding hydrogens is 276 g/mol. The number of nitrogen functional groups attached to an aromatic ring is 1. The third kappa shape index (κ3) is 4.15. The standard InChI is InChI=1S/C17H22N4O/c1-3-21(4-2)16-11-9-15(10-12-16)20-17(22)19-14-7-5-13(18)6-8-14/h5-12H,3-4,18H2,1-2H3,(H2,19,20,22). The lowest BCUT2D eigenvalue weighted by Crippen LogP contribution is -2.22. The Balaban J connectivity index is 1.95. The van der Waals surface area contributed by atoms with Crippen molar-refractivity contribution in [2.24, 2.45) is 0 Å². The average Bonchev–Trinajstić information content (AvgIpc) is 2.52. The molecule has 2 amide bonds. The quantitative estimate of drug-likeness (QED) is 0.736. The minimum Gasteiger partial charge on any atom is -0.399 e. The zero-order chi connectivity index (χ0) is 15.9. The molecule has 0 aliphatic heterocycles. The van der Waals surface area contributed by atoms with Gasteiger partial charge in [-0.25, -0.2) is 4.79 Å². The van der Waals surface area contributed by atoms with Crippen LogP contribution in [0.15, 0.2) is 48.5 Å². The van der Waals surface area contributed by atoms with Crippen LogP contribution in [0.4, 0.5) is 27.5 Å². The maximum absolute atomic E-state index is 11.9. The lowest BCUT2D eigenvalue weighted by Gasteiger charge is -2.21. The topological polar surface area (TPSA) is 70.4 Å². The highest BCUT2D eigenvalue weighted by molar-refractivity contribution is 5.99. The number of amides is 2. The Labute approximate surface area is 131 Å². The Morgan fingerprint density at radius 1 is 0.909 bits per heavy atom. The lowest BCUT2D eigenvalue weighted by molar-refractivity contribution is 0.262. The number of carbonyl (C=O) groups excluding carboxylic acids is 1. The van der Waals surface area contributed by atoms with E-state index in [9.17, 15) is 4.79 Å². The number of nitrogens with zero attached hydrogens (tertiary/aromatic N) is 1. The molecule has 0 aromatic heterocycles. The summed E-state index contributed by atoms with van der Waals surface area (Å²) >= 11 is 0. The van der Waals surface area contributed by atoms with E-state index in [1.807, 2.05) is 24.3 Å². The minimum atomic E-state index is -0.277. The van der Waals surface area contributed by atoms with Crippen LogP contribution in [-0.2, 0) is 0 Å². The molecule has 22 heavy (non-hydrogen) atoms.